The van der Waals surface area contributed by atoms with Gasteiger partial charge < -0.3 is 14.2 Å². The summed E-state index contributed by atoms with van der Waals surface area (Å²) in [6.07, 6.45) is 1.86. The third-order valence-electron chi connectivity index (χ3n) is 2.69. The zero-order chi connectivity index (χ0) is 13.2. The fourth-order valence-corrected chi connectivity index (χ4v) is 1.81. The van der Waals surface area contributed by atoms with Crippen molar-refractivity contribution in [2.45, 2.75) is 6.92 Å². The summed E-state index contributed by atoms with van der Waals surface area (Å²) in [5.41, 5.74) is 1.81. The first-order valence-electron chi connectivity index (χ1n) is 5.86. The van der Waals surface area contributed by atoms with Crippen molar-refractivity contribution in [1.82, 2.24) is 15.1 Å². The maximum atomic E-state index is 11.4. The van der Waals surface area contributed by atoms with Crippen molar-refractivity contribution >= 4 is 16.9 Å². The molecule has 0 atom stereocenters. The van der Waals surface area contributed by atoms with Crippen LogP contribution in [0.15, 0.2) is 35.0 Å². The Balaban J connectivity index is 1.95. The number of carbonyl (C=O) groups is 1. The van der Waals surface area contributed by atoms with Crippen molar-refractivity contribution < 1.29 is 14.1 Å². The molecule has 0 saturated carbocycles. The van der Waals surface area contributed by atoms with Gasteiger partial charge >= 0.3 is 11.9 Å². The molecule has 0 aliphatic carbocycles. The molecular weight excluding hydrogens is 246 g/mol. The van der Waals surface area contributed by atoms with Gasteiger partial charge in [0.2, 0.25) is 5.82 Å². The molecule has 0 aliphatic rings. The third kappa shape index (κ3) is 2.08. The molecule has 2 heterocycles. The van der Waals surface area contributed by atoms with Crippen LogP contribution in [-0.2, 0) is 4.74 Å². The Bertz CT molecular complexity index is 729. The summed E-state index contributed by atoms with van der Waals surface area (Å²) in [4.78, 5) is 18.6. The zero-order valence-electron chi connectivity index (χ0n) is 10.2. The van der Waals surface area contributed by atoms with E-state index < -0.39 is 5.97 Å². The summed E-state index contributed by atoms with van der Waals surface area (Å²) in [6.45, 7) is 1.99. The Hall–Kier alpha value is -2.63. The van der Waals surface area contributed by atoms with Crippen LogP contribution in [0.3, 0.4) is 0 Å². The van der Waals surface area contributed by atoms with E-state index in [1.165, 1.54) is 0 Å². The molecule has 0 bridgehead atoms. The van der Waals surface area contributed by atoms with Gasteiger partial charge in [-0.3, -0.25) is 0 Å². The lowest BCUT2D eigenvalue weighted by molar-refractivity contribution is 0.0470. The van der Waals surface area contributed by atoms with Crippen LogP contribution in [-0.4, -0.2) is 27.7 Å². The van der Waals surface area contributed by atoms with Gasteiger partial charge in [-0.2, -0.15) is 4.98 Å². The number of nitrogens with zero attached hydrogens (tertiary/aromatic N) is 2. The molecule has 2 aromatic heterocycles. The van der Waals surface area contributed by atoms with E-state index in [2.05, 4.69) is 15.1 Å². The Morgan fingerprint density at radius 1 is 1.42 bits per heavy atom. The Morgan fingerprint density at radius 3 is 3.16 bits per heavy atom. The highest BCUT2D eigenvalue weighted by Crippen LogP contribution is 2.21. The summed E-state index contributed by atoms with van der Waals surface area (Å²) >= 11 is 0. The van der Waals surface area contributed by atoms with Crippen molar-refractivity contribution in [1.29, 1.82) is 0 Å². The predicted octanol–water partition coefficient (Wildman–Crippen LogP) is 2.39. The van der Waals surface area contributed by atoms with Crippen LogP contribution in [0.2, 0.25) is 0 Å². The molecule has 0 fully saturated rings. The zero-order valence-corrected chi connectivity index (χ0v) is 10.2. The molecule has 6 heteroatoms. The Labute approximate surface area is 108 Å². The van der Waals surface area contributed by atoms with Gasteiger partial charge in [0, 0.05) is 22.7 Å². The summed E-state index contributed by atoms with van der Waals surface area (Å²) < 4.78 is 9.68. The number of ether oxygens (including phenoxy) is 1. The van der Waals surface area contributed by atoms with Crippen LogP contribution in [0, 0.1) is 0 Å². The van der Waals surface area contributed by atoms with Gasteiger partial charge in [0.15, 0.2) is 0 Å². The molecule has 19 heavy (non-hydrogen) atoms. The molecule has 96 valence electrons. The van der Waals surface area contributed by atoms with Crippen molar-refractivity contribution in [3.8, 4) is 11.4 Å². The summed E-state index contributed by atoms with van der Waals surface area (Å²) in [5, 5.41) is 4.83. The molecule has 3 rings (SSSR count). The SMILES string of the molecule is CCOC(=O)c1nc(-c2ccc3[nH]ccc3c2)no1. The van der Waals surface area contributed by atoms with E-state index in [4.69, 9.17) is 9.26 Å². The molecule has 1 N–H and O–H groups in total. The lowest BCUT2D eigenvalue weighted by atomic mass is 10.1. The van der Waals surface area contributed by atoms with Crippen molar-refractivity contribution in [2.24, 2.45) is 0 Å². The van der Waals surface area contributed by atoms with E-state index in [0.29, 0.717) is 5.82 Å². The number of hydrogen-bond donors (Lipinski definition) is 1. The van der Waals surface area contributed by atoms with Gasteiger partial charge in [-0.25, -0.2) is 4.79 Å². The first-order chi connectivity index (χ1) is 9.28. The van der Waals surface area contributed by atoms with Crippen LogP contribution in [0.4, 0.5) is 0 Å². The lowest BCUT2D eigenvalue weighted by Gasteiger charge is -1.95. The Morgan fingerprint density at radius 2 is 2.32 bits per heavy atom. The number of carbonyl (C=O) groups excluding carboxylic acids is 1. The van der Waals surface area contributed by atoms with E-state index in [0.717, 1.165) is 16.5 Å². The largest absolute Gasteiger partial charge is 0.459 e. The van der Waals surface area contributed by atoms with Crippen LogP contribution >= 0.6 is 0 Å². The fraction of sp³-hybridized carbons (Fsp3) is 0.154. The number of benzene rings is 1. The lowest BCUT2D eigenvalue weighted by Crippen LogP contribution is -2.04. The van der Waals surface area contributed by atoms with Gasteiger partial charge in [0.05, 0.1) is 6.61 Å². The standard InChI is InChI=1S/C13H11N3O3/c1-2-18-13(17)12-15-11(16-19-12)9-3-4-10-8(7-9)5-6-14-10/h3-7,14H,2H2,1H3. The minimum Gasteiger partial charge on any atom is -0.459 e. The van der Waals surface area contributed by atoms with Gasteiger partial charge in [-0.05, 0) is 31.2 Å². The number of aromatic amines is 1. The van der Waals surface area contributed by atoms with Crippen molar-refractivity contribution in [3.05, 3.63) is 36.4 Å². The number of H-pyrrole nitrogens is 1. The molecule has 0 amide bonds. The highest BCUT2D eigenvalue weighted by molar-refractivity contribution is 5.86. The second-order valence-electron chi connectivity index (χ2n) is 3.92. The maximum absolute atomic E-state index is 11.4. The van der Waals surface area contributed by atoms with E-state index in [9.17, 15) is 4.79 Å². The fourth-order valence-electron chi connectivity index (χ4n) is 1.81. The predicted molar refractivity (Wildman–Crippen MR) is 67.5 cm³/mol. The molecule has 1 aromatic carbocycles. The van der Waals surface area contributed by atoms with E-state index in [1.54, 1.807) is 6.92 Å². The highest BCUT2D eigenvalue weighted by Gasteiger charge is 2.17. The third-order valence-corrected chi connectivity index (χ3v) is 2.69. The van der Waals surface area contributed by atoms with Crippen LogP contribution in [0.1, 0.15) is 17.6 Å². The summed E-state index contributed by atoms with van der Waals surface area (Å²) in [6, 6.07) is 7.65. The van der Waals surface area contributed by atoms with Gasteiger partial charge in [-0.1, -0.05) is 5.16 Å². The second-order valence-corrected chi connectivity index (χ2v) is 3.92. The first-order valence-corrected chi connectivity index (χ1v) is 5.86. The van der Waals surface area contributed by atoms with Gasteiger partial charge in [0.1, 0.15) is 0 Å². The minimum absolute atomic E-state index is 0.133. The van der Waals surface area contributed by atoms with E-state index in [1.807, 2.05) is 30.5 Å². The number of nitrogens with one attached hydrogen (secondary N) is 1. The highest BCUT2D eigenvalue weighted by atomic mass is 16.6. The average Bonchev–Trinajstić information content (AvgIpc) is 3.07. The minimum atomic E-state index is -0.607. The smallest absolute Gasteiger partial charge is 0.397 e. The monoisotopic (exact) mass is 257 g/mol. The van der Waals surface area contributed by atoms with Crippen LogP contribution in [0.5, 0.6) is 0 Å². The number of aromatic nitrogens is 3. The number of esters is 1. The molecule has 0 spiro atoms. The summed E-state index contributed by atoms with van der Waals surface area (Å²) in [7, 11) is 0. The topological polar surface area (TPSA) is 81.0 Å². The van der Waals surface area contributed by atoms with Gasteiger partial charge in [0.25, 0.3) is 0 Å². The van der Waals surface area contributed by atoms with E-state index >= 15 is 0 Å². The van der Waals surface area contributed by atoms with Crippen molar-refractivity contribution in [3.63, 3.8) is 0 Å². The van der Waals surface area contributed by atoms with Gasteiger partial charge in [-0.15, -0.1) is 0 Å². The quantitative estimate of drug-likeness (QED) is 0.728. The maximum Gasteiger partial charge on any atom is 0.397 e. The van der Waals surface area contributed by atoms with E-state index in [-0.39, 0.29) is 12.5 Å². The molecule has 6 nitrogen and oxygen atoms in total. The molecule has 0 radical (unpaired) electrons. The number of fused-ring (bicyclic) bond motifs is 1. The molecule has 0 aliphatic heterocycles. The average molecular weight is 257 g/mol. The van der Waals surface area contributed by atoms with Crippen LogP contribution in [0.25, 0.3) is 22.3 Å². The number of rotatable bonds is 3. The Kier molecular flexibility index (Phi) is 2.75. The second kappa shape index (κ2) is 4.56. The molecule has 0 unspecified atom stereocenters. The first kappa shape index (κ1) is 11.5. The van der Waals surface area contributed by atoms with Crippen molar-refractivity contribution in [2.75, 3.05) is 6.61 Å². The summed E-state index contributed by atoms with van der Waals surface area (Å²) in [5.74, 6) is -0.374. The molecule has 3 aromatic rings. The number of hydrogen-bond acceptors (Lipinski definition) is 5. The normalized spacial score (nSPS) is 10.8. The molecular formula is C13H11N3O3. The van der Waals surface area contributed by atoms with Crippen LogP contribution < -0.4 is 0 Å². The molecule has 0 saturated heterocycles.